The summed E-state index contributed by atoms with van der Waals surface area (Å²) in [4.78, 5) is 15.5. The Bertz CT molecular complexity index is 3100. The van der Waals surface area contributed by atoms with Crippen molar-refractivity contribution in [3.8, 4) is 39.9 Å². The van der Waals surface area contributed by atoms with Crippen LogP contribution >= 0.6 is 0 Å². The molecule has 0 saturated carbocycles. The molecular weight excluding hydrogens is 629 g/mol. The van der Waals surface area contributed by atoms with E-state index in [1.807, 2.05) is 78.9 Å². The lowest BCUT2D eigenvalue weighted by Gasteiger charge is -2.12. The maximum absolute atomic E-state index is 6.61. The maximum atomic E-state index is 6.61. The van der Waals surface area contributed by atoms with Crippen molar-refractivity contribution < 1.29 is 8.83 Å². The molecule has 0 fully saturated rings. The lowest BCUT2D eigenvalue weighted by molar-refractivity contribution is 0.668. The second-order valence-electron chi connectivity index (χ2n) is 12.7. The first kappa shape index (κ1) is 27.9. The monoisotopic (exact) mass is 654 g/mol. The smallest absolute Gasteiger partial charge is 0.164 e. The Morgan fingerprint density at radius 1 is 0.353 bits per heavy atom. The van der Waals surface area contributed by atoms with E-state index in [0.717, 1.165) is 77.3 Å². The van der Waals surface area contributed by atoms with Crippen molar-refractivity contribution in [1.29, 1.82) is 0 Å². The van der Waals surface area contributed by atoms with Gasteiger partial charge in [0, 0.05) is 43.6 Å². The molecule has 0 unspecified atom stereocenters. The van der Waals surface area contributed by atoms with Gasteiger partial charge in [-0.3, -0.25) is 0 Å². The summed E-state index contributed by atoms with van der Waals surface area (Å²) >= 11 is 0. The van der Waals surface area contributed by atoms with E-state index in [0.29, 0.717) is 17.5 Å². The van der Waals surface area contributed by atoms with Gasteiger partial charge in [0.15, 0.2) is 17.5 Å². The average molecular weight is 655 g/mol. The molecule has 0 spiro atoms. The highest BCUT2D eigenvalue weighted by Crippen LogP contribution is 2.42. The van der Waals surface area contributed by atoms with E-state index in [4.69, 9.17) is 23.8 Å². The first-order chi connectivity index (χ1) is 25.3. The lowest BCUT2D eigenvalue weighted by atomic mass is 10.0. The molecule has 0 radical (unpaired) electrons. The predicted molar refractivity (Wildman–Crippen MR) is 205 cm³/mol. The van der Waals surface area contributed by atoms with E-state index in [-0.39, 0.29) is 0 Å². The number of furan rings is 2. The molecule has 11 rings (SSSR count). The topological polar surface area (TPSA) is 69.9 Å². The van der Waals surface area contributed by atoms with E-state index in [9.17, 15) is 0 Å². The maximum Gasteiger partial charge on any atom is 0.164 e. The molecule has 0 bridgehead atoms. The van der Waals surface area contributed by atoms with Crippen LogP contribution in [-0.4, -0.2) is 19.5 Å². The Kier molecular flexibility index (Phi) is 5.86. The van der Waals surface area contributed by atoms with E-state index in [1.165, 1.54) is 10.8 Å². The standard InChI is InChI=1S/C45H26N4O2/c1-2-13-27(14-3-1)43-46-44(31-18-10-24-37-40(31)30-17-6-9-23-36(30)50-37)48-45(47-43)32-19-11-25-38-41(32)42-35(22-12-26-39(42)51-38)49-33-20-7-4-15-28(33)29-16-5-8-21-34(29)49/h1-26H. The van der Waals surface area contributed by atoms with Crippen molar-refractivity contribution in [3.63, 3.8) is 0 Å². The summed E-state index contributed by atoms with van der Waals surface area (Å²) in [5, 5.41) is 6.35. The highest BCUT2D eigenvalue weighted by atomic mass is 16.3. The van der Waals surface area contributed by atoms with Crippen LogP contribution in [0.2, 0.25) is 0 Å². The van der Waals surface area contributed by atoms with Gasteiger partial charge in [0.05, 0.1) is 22.1 Å². The molecule has 6 heteroatoms. The number of hydrogen-bond donors (Lipinski definition) is 0. The van der Waals surface area contributed by atoms with Crippen LogP contribution in [0, 0.1) is 0 Å². The Morgan fingerprint density at radius 3 is 1.55 bits per heavy atom. The fourth-order valence-corrected chi connectivity index (χ4v) is 7.70. The first-order valence-corrected chi connectivity index (χ1v) is 17.0. The Balaban J connectivity index is 1.23. The van der Waals surface area contributed by atoms with Crippen LogP contribution in [-0.2, 0) is 0 Å². The summed E-state index contributed by atoms with van der Waals surface area (Å²) in [7, 11) is 0. The van der Waals surface area contributed by atoms with Gasteiger partial charge in [0.2, 0.25) is 0 Å². The molecule has 51 heavy (non-hydrogen) atoms. The summed E-state index contributed by atoms with van der Waals surface area (Å²) in [6.45, 7) is 0. The summed E-state index contributed by atoms with van der Waals surface area (Å²) < 4.78 is 15.2. The van der Waals surface area contributed by atoms with Crippen LogP contribution in [0.3, 0.4) is 0 Å². The minimum Gasteiger partial charge on any atom is -0.456 e. The molecule has 11 aromatic rings. The van der Waals surface area contributed by atoms with E-state index >= 15 is 0 Å². The third kappa shape index (κ3) is 4.14. The van der Waals surface area contributed by atoms with Gasteiger partial charge >= 0.3 is 0 Å². The largest absolute Gasteiger partial charge is 0.456 e. The third-order valence-electron chi connectivity index (χ3n) is 9.87. The fraction of sp³-hybridized carbons (Fsp3) is 0. The molecule has 0 saturated heterocycles. The van der Waals surface area contributed by atoms with Crippen LogP contribution in [0.25, 0.3) is 106 Å². The molecule has 238 valence electrons. The van der Waals surface area contributed by atoms with Crippen molar-refractivity contribution in [2.45, 2.75) is 0 Å². The summed E-state index contributed by atoms with van der Waals surface area (Å²) in [6.07, 6.45) is 0. The van der Waals surface area contributed by atoms with Crippen molar-refractivity contribution in [1.82, 2.24) is 19.5 Å². The average Bonchev–Trinajstić information content (AvgIpc) is 3.88. The molecule has 0 amide bonds. The second kappa shape index (κ2) is 10.7. The second-order valence-corrected chi connectivity index (χ2v) is 12.7. The van der Waals surface area contributed by atoms with E-state index in [1.54, 1.807) is 0 Å². The molecule has 4 aromatic heterocycles. The molecular formula is C45H26N4O2. The first-order valence-electron chi connectivity index (χ1n) is 17.0. The quantitative estimate of drug-likeness (QED) is 0.189. The van der Waals surface area contributed by atoms with Crippen LogP contribution in [0.4, 0.5) is 0 Å². The fourth-order valence-electron chi connectivity index (χ4n) is 7.70. The number of nitrogens with zero attached hydrogens (tertiary/aromatic N) is 4. The van der Waals surface area contributed by atoms with Crippen LogP contribution in [0.5, 0.6) is 0 Å². The number of aromatic nitrogens is 4. The van der Waals surface area contributed by atoms with Crippen molar-refractivity contribution >= 4 is 65.7 Å². The molecule has 0 aliphatic heterocycles. The summed E-state index contributed by atoms with van der Waals surface area (Å²) in [5.41, 5.74) is 9.12. The van der Waals surface area contributed by atoms with Gasteiger partial charge in [0.1, 0.15) is 22.3 Å². The summed E-state index contributed by atoms with van der Waals surface area (Å²) in [5.74, 6) is 1.73. The van der Waals surface area contributed by atoms with Gasteiger partial charge in [-0.05, 0) is 42.5 Å². The van der Waals surface area contributed by atoms with Gasteiger partial charge in [-0.25, -0.2) is 15.0 Å². The zero-order valence-electron chi connectivity index (χ0n) is 27.1. The number of para-hydroxylation sites is 3. The van der Waals surface area contributed by atoms with Crippen molar-refractivity contribution in [2.75, 3.05) is 0 Å². The highest BCUT2D eigenvalue weighted by molar-refractivity contribution is 6.18. The predicted octanol–water partition coefficient (Wildman–Crippen LogP) is 11.8. The zero-order valence-corrected chi connectivity index (χ0v) is 27.1. The van der Waals surface area contributed by atoms with Crippen LogP contribution in [0.1, 0.15) is 0 Å². The van der Waals surface area contributed by atoms with Gasteiger partial charge in [-0.15, -0.1) is 0 Å². The normalized spacial score (nSPS) is 11.9. The Labute approximate surface area is 290 Å². The minimum atomic E-state index is 0.564. The van der Waals surface area contributed by atoms with Gasteiger partial charge < -0.3 is 13.4 Å². The highest BCUT2D eigenvalue weighted by Gasteiger charge is 2.23. The van der Waals surface area contributed by atoms with Crippen molar-refractivity contribution in [2.24, 2.45) is 0 Å². The Hall–Kier alpha value is -7.05. The number of fused-ring (bicyclic) bond motifs is 9. The van der Waals surface area contributed by atoms with Gasteiger partial charge in [-0.2, -0.15) is 0 Å². The molecule has 7 aromatic carbocycles. The molecule has 0 aliphatic rings. The van der Waals surface area contributed by atoms with E-state index < -0.39 is 0 Å². The molecule has 6 nitrogen and oxygen atoms in total. The third-order valence-corrected chi connectivity index (χ3v) is 9.87. The minimum absolute atomic E-state index is 0.564. The zero-order chi connectivity index (χ0) is 33.5. The van der Waals surface area contributed by atoms with Gasteiger partial charge in [0.25, 0.3) is 0 Å². The number of hydrogen-bond acceptors (Lipinski definition) is 5. The van der Waals surface area contributed by atoms with Crippen LogP contribution < -0.4 is 0 Å². The Morgan fingerprint density at radius 2 is 0.843 bits per heavy atom. The molecule has 0 N–H and O–H groups in total. The van der Waals surface area contributed by atoms with Crippen LogP contribution in [0.15, 0.2) is 167 Å². The summed E-state index contributed by atoms with van der Waals surface area (Å²) in [6, 6.07) is 53.7. The SMILES string of the molecule is c1ccc(-c2nc(-c3cccc4oc5ccccc5c34)nc(-c3cccc4oc5cccc(-n6c7ccccc7c7ccccc76)c5c34)n2)cc1. The van der Waals surface area contributed by atoms with Crippen molar-refractivity contribution in [3.05, 3.63) is 158 Å². The molecule has 0 aliphatic carbocycles. The number of rotatable bonds is 4. The molecule has 4 heterocycles. The lowest BCUT2D eigenvalue weighted by Crippen LogP contribution is -2.01. The van der Waals surface area contributed by atoms with E-state index in [2.05, 4.69) is 83.4 Å². The van der Waals surface area contributed by atoms with Gasteiger partial charge in [-0.1, -0.05) is 115 Å². The number of benzene rings is 7. The molecule has 0 atom stereocenters.